The zero-order valence-corrected chi connectivity index (χ0v) is 14.3. The molecule has 0 aliphatic heterocycles. The summed E-state index contributed by atoms with van der Waals surface area (Å²) in [5, 5.41) is 9.39. The molecule has 1 amide bonds. The summed E-state index contributed by atoms with van der Waals surface area (Å²) in [6.45, 7) is 2.15. The fraction of sp³-hybridized carbons (Fsp3) is 0.889. The van der Waals surface area contributed by atoms with Gasteiger partial charge in [-0.1, -0.05) is 38.5 Å². The number of hydrogen-bond donors (Lipinski definition) is 1. The summed E-state index contributed by atoms with van der Waals surface area (Å²) in [6.07, 6.45) is 10.7. The Balaban J connectivity index is 2.21. The predicted octanol–water partition coefficient (Wildman–Crippen LogP) is 4.20. The quantitative estimate of drug-likeness (QED) is 0.794. The summed E-state index contributed by atoms with van der Waals surface area (Å²) in [5.74, 6) is -0.517. The highest BCUT2D eigenvalue weighted by Gasteiger charge is 2.38. The van der Waals surface area contributed by atoms with Crippen molar-refractivity contribution in [1.29, 1.82) is 0 Å². The van der Waals surface area contributed by atoms with Gasteiger partial charge in [0.2, 0.25) is 0 Å². The van der Waals surface area contributed by atoms with Gasteiger partial charge in [0.15, 0.2) is 0 Å². The van der Waals surface area contributed by atoms with E-state index >= 15 is 0 Å². The standard InChI is InChI=1S/C18H31NO4/c1-2-23-18(22)19(15-11-7-4-8-12-15)16(13-17(20)21)14-9-5-3-6-10-14/h14-16H,2-13H2,1H3,(H,20,21). The van der Waals surface area contributed by atoms with E-state index in [-0.39, 0.29) is 24.6 Å². The van der Waals surface area contributed by atoms with Crippen LogP contribution >= 0.6 is 0 Å². The van der Waals surface area contributed by atoms with E-state index in [1.807, 2.05) is 11.8 Å². The van der Waals surface area contributed by atoms with Crippen LogP contribution in [0, 0.1) is 5.92 Å². The molecule has 0 saturated heterocycles. The first-order valence-corrected chi connectivity index (χ1v) is 9.30. The summed E-state index contributed by atoms with van der Waals surface area (Å²) in [4.78, 5) is 25.9. The summed E-state index contributed by atoms with van der Waals surface area (Å²) in [5.41, 5.74) is 0. The number of carboxylic acid groups (broad SMARTS) is 1. The van der Waals surface area contributed by atoms with Crippen molar-refractivity contribution in [2.75, 3.05) is 6.61 Å². The number of carbonyl (C=O) groups excluding carboxylic acids is 1. The molecule has 1 N–H and O–H groups in total. The van der Waals surface area contributed by atoms with Gasteiger partial charge < -0.3 is 14.7 Å². The molecule has 2 rings (SSSR count). The summed E-state index contributed by atoms with van der Waals surface area (Å²) in [7, 11) is 0. The molecule has 0 aromatic carbocycles. The Morgan fingerprint density at radius 2 is 1.61 bits per heavy atom. The number of nitrogens with zero attached hydrogens (tertiary/aromatic N) is 1. The molecular weight excluding hydrogens is 294 g/mol. The Hall–Kier alpha value is -1.26. The average Bonchev–Trinajstić information content (AvgIpc) is 2.56. The first-order valence-electron chi connectivity index (χ1n) is 9.30. The van der Waals surface area contributed by atoms with Crippen LogP contribution in [0.5, 0.6) is 0 Å². The van der Waals surface area contributed by atoms with E-state index in [0.29, 0.717) is 12.5 Å². The first kappa shape index (κ1) is 18.1. The third kappa shape index (κ3) is 5.11. The molecule has 5 heteroatoms. The number of carboxylic acids is 1. The van der Waals surface area contributed by atoms with E-state index in [1.165, 1.54) is 12.8 Å². The number of amides is 1. The molecule has 0 heterocycles. The molecule has 1 unspecified atom stereocenters. The van der Waals surface area contributed by atoms with Crippen LogP contribution in [0.15, 0.2) is 0 Å². The predicted molar refractivity (Wildman–Crippen MR) is 88.3 cm³/mol. The van der Waals surface area contributed by atoms with Crippen molar-refractivity contribution < 1.29 is 19.4 Å². The smallest absolute Gasteiger partial charge is 0.410 e. The average molecular weight is 325 g/mol. The van der Waals surface area contributed by atoms with Crippen molar-refractivity contribution in [3.05, 3.63) is 0 Å². The van der Waals surface area contributed by atoms with Crippen molar-refractivity contribution >= 4 is 12.1 Å². The van der Waals surface area contributed by atoms with Crippen LogP contribution in [0.4, 0.5) is 4.79 Å². The highest BCUT2D eigenvalue weighted by molar-refractivity contribution is 5.72. The van der Waals surface area contributed by atoms with Crippen LogP contribution in [0.1, 0.15) is 77.6 Å². The van der Waals surface area contributed by atoms with E-state index in [0.717, 1.165) is 51.4 Å². The van der Waals surface area contributed by atoms with Crippen LogP contribution in [-0.2, 0) is 9.53 Å². The number of carbonyl (C=O) groups is 2. The number of rotatable bonds is 6. The minimum Gasteiger partial charge on any atom is -0.481 e. The fourth-order valence-corrected chi connectivity index (χ4v) is 4.30. The van der Waals surface area contributed by atoms with E-state index in [1.54, 1.807) is 0 Å². The molecule has 132 valence electrons. The van der Waals surface area contributed by atoms with Crippen molar-refractivity contribution in [2.45, 2.75) is 89.6 Å². The summed E-state index contributed by atoms with van der Waals surface area (Å²) >= 11 is 0. The molecule has 0 aromatic heterocycles. The maximum atomic E-state index is 12.6. The summed E-state index contributed by atoms with van der Waals surface area (Å²) in [6, 6.07) is -0.0657. The Labute approximate surface area is 139 Å². The second kappa shape index (κ2) is 9.14. The van der Waals surface area contributed by atoms with Gasteiger partial charge in [-0.3, -0.25) is 4.79 Å². The Morgan fingerprint density at radius 3 is 2.13 bits per heavy atom. The Bertz CT molecular complexity index is 386. The van der Waals surface area contributed by atoms with Gasteiger partial charge in [-0.2, -0.15) is 0 Å². The third-order valence-corrected chi connectivity index (χ3v) is 5.38. The second-order valence-corrected chi connectivity index (χ2v) is 6.96. The summed E-state index contributed by atoms with van der Waals surface area (Å²) < 4.78 is 5.30. The van der Waals surface area contributed by atoms with Gasteiger partial charge >= 0.3 is 12.1 Å². The Morgan fingerprint density at radius 1 is 1.04 bits per heavy atom. The normalized spacial score (nSPS) is 21.6. The van der Waals surface area contributed by atoms with Gasteiger partial charge in [-0.25, -0.2) is 4.79 Å². The molecule has 2 aliphatic rings. The lowest BCUT2D eigenvalue weighted by atomic mass is 9.80. The molecule has 0 bridgehead atoms. The highest BCUT2D eigenvalue weighted by atomic mass is 16.6. The van der Waals surface area contributed by atoms with Gasteiger partial charge in [0, 0.05) is 12.1 Å². The SMILES string of the molecule is CCOC(=O)N(C1CCCCC1)C(CC(=O)O)C1CCCCC1. The minimum atomic E-state index is -0.814. The molecule has 0 radical (unpaired) electrons. The van der Waals surface area contributed by atoms with E-state index in [2.05, 4.69) is 0 Å². The van der Waals surface area contributed by atoms with Gasteiger partial charge in [0.25, 0.3) is 0 Å². The lowest BCUT2D eigenvalue weighted by Crippen LogP contribution is -2.52. The van der Waals surface area contributed by atoms with Crippen molar-refractivity contribution in [2.24, 2.45) is 5.92 Å². The number of hydrogen-bond acceptors (Lipinski definition) is 3. The van der Waals surface area contributed by atoms with Crippen molar-refractivity contribution in [1.82, 2.24) is 4.90 Å². The molecule has 23 heavy (non-hydrogen) atoms. The fourth-order valence-electron chi connectivity index (χ4n) is 4.30. The van der Waals surface area contributed by atoms with Crippen molar-refractivity contribution in [3.63, 3.8) is 0 Å². The number of aliphatic carboxylic acids is 1. The zero-order chi connectivity index (χ0) is 16.7. The molecule has 2 aliphatic carbocycles. The van der Waals surface area contributed by atoms with Gasteiger partial charge in [-0.05, 0) is 38.5 Å². The monoisotopic (exact) mass is 325 g/mol. The Kier molecular flexibility index (Phi) is 7.18. The molecule has 1 atom stereocenters. The molecular formula is C18H31NO4. The van der Waals surface area contributed by atoms with E-state index < -0.39 is 5.97 Å². The minimum absolute atomic E-state index is 0.0416. The third-order valence-electron chi connectivity index (χ3n) is 5.38. The van der Waals surface area contributed by atoms with Crippen LogP contribution in [0.2, 0.25) is 0 Å². The van der Waals surface area contributed by atoms with Crippen LogP contribution in [-0.4, -0.2) is 40.8 Å². The van der Waals surface area contributed by atoms with E-state index in [9.17, 15) is 14.7 Å². The lowest BCUT2D eigenvalue weighted by Gasteiger charge is -2.43. The topological polar surface area (TPSA) is 66.8 Å². The largest absolute Gasteiger partial charge is 0.481 e. The van der Waals surface area contributed by atoms with Crippen LogP contribution in [0.3, 0.4) is 0 Å². The second-order valence-electron chi connectivity index (χ2n) is 6.96. The van der Waals surface area contributed by atoms with E-state index in [4.69, 9.17) is 4.74 Å². The maximum absolute atomic E-state index is 12.6. The lowest BCUT2D eigenvalue weighted by molar-refractivity contribution is -0.139. The van der Waals surface area contributed by atoms with Crippen LogP contribution < -0.4 is 0 Å². The molecule has 2 saturated carbocycles. The first-order chi connectivity index (χ1) is 11.1. The van der Waals surface area contributed by atoms with Crippen molar-refractivity contribution in [3.8, 4) is 0 Å². The number of ether oxygens (including phenoxy) is 1. The molecule has 0 aromatic rings. The van der Waals surface area contributed by atoms with Gasteiger partial charge in [0.05, 0.1) is 13.0 Å². The zero-order valence-electron chi connectivity index (χ0n) is 14.3. The highest BCUT2D eigenvalue weighted by Crippen LogP contribution is 2.34. The molecule has 2 fully saturated rings. The maximum Gasteiger partial charge on any atom is 0.410 e. The molecule has 5 nitrogen and oxygen atoms in total. The van der Waals surface area contributed by atoms with Gasteiger partial charge in [-0.15, -0.1) is 0 Å². The van der Waals surface area contributed by atoms with Crippen LogP contribution in [0.25, 0.3) is 0 Å². The van der Waals surface area contributed by atoms with Gasteiger partial charge in [0.1, 0.15) is 0 Å². The molecule has 0 spiro atoms.